The first-order chi connectivity index (χ1) is 11.6. The minimum absolute atomic E-state index is 0.0836. The van der Waals surface area contributed by atoms with E-state index in [1.54, 1.807) is 12.1 Å². The number of hydrogen-bond acceptors (Lipinski definition) is 4. The number of hydrogen-bond donors (Lipinski definition) is 0. The molecule has 2 fully saturated rings. The molecule has 2 heterocycles. The number of rotatable bonds is 5. The number of aromatic nitrogens is 3. The van der Waals surface area contributed by atoms with Gasteiger partial charge in [-0.2, -0.15) is 8.78 Å². The van der Waals surface area contributed by atoms with Crippen LogP contribution in [0.5, 0.6) is 5.75 Å². The fraction of sp³-hybridized carbons (Fsp3) is 0.500. The van der Waals surface area contributed by atoms with E-state index in [1.165, 1.54) is 12.1 Å². The smallest absolute Gasteiger partial charge is 0.387 e. The quantitative estimate of drug-likeness (QED) is 0.841. The molecule has 4 rings (SSSR count). The Balaban J connectivity index is 1.55. The molecule has 1 saturated heterocycles. The maximum atomic E-state index is 12.7. The normalized spacial score (nSPS) is 25.2. The van der Waals surface area contributed by atoms with Gasteiger partial charge in [0.2, 0.25) is 5.95 Å². The van der Waals surface area contributed by atoms with Crippen molar-refractivity contribution in [3.63, 3.8) is 0 Å². The highest BCUT2D eigenvalue weighted by Crippen LogP contribution is 2.52. The first kappa shape index (κ1) is 15.3. The molecule has 1 unspecified atom stereocenters. The lowest BCUT2D eigenvalue weighted by Gasteiger charge is -2.19. The summed E-state index contributed by atoms with van der Waals surface area (Å²) < 4.78 is 43.7. The summed E-state index contributed by atoms with van der Waals surface area (Å²) in [6.45, 7) is -1.53. The highest BCUT2D eigenvalue weighted by atomic mass is 19.3. The van der Waals surface area contributed by atoms with E-state index >= 15 is 0 Å². The summed E-state index contributed by atoms with van der Waals surface area (Å²) in [5.41, 5.74) is 0.653. The monoisotopic (exact) mass is 338 g/mol. The maximum Gasteiger partial charge on any atom is 0.387 e. The Bertz CT molecular complexity index is 739. The molecule has 128 valence electrons. The Morgan fingerprint density at radius 2 is 2.00 bits per heavy atom. The second-order valence-corrected chi connectivity index (χ2v) is 6.34. The van der Waals surface area contributed by atoms with Gasteiger partial charge in [0.25, 0.3) is 0 Å². The highest BCUT2D eigenvalue weighted by molar-refractivity contribution is 5.60. The van der Waals surface area contributed by atoms with Gasteiger partial charge < -0.3 is 9.64 Å². The van der Waals surface area contributed by atoms with Crippen LogP contribution < -0.4 is 9.64 Å². The SMILES string of the molecule is Cn1c(-c2cccc(OC(F)F)c2)nnc1N1C[C@@H]2C(CF)[C@@H]2C1. The largest absolute Gasteiger partial charge is 0.435 e. The van der Waals surface area contributed by atoms with Gasteiger partial charge in [-0.1, -0.05) is 12.1 Å². The third-order valence-electron chi connectivity index (χ3n) is 5.00. The molecule has 0 amide bonds. The average molecular weight is 338 g/mol. The zero-order valence-corrected chi connectivity index (χ0v) is 13.1. The lowest BCUT2D eigenvalue weighted by Crippen LogP contribution is -2.27. The molecule has 1 saturated carbocycles. The minimum Gasteiger partial charge on any atom is -0.435 e. The number of piperidine rings is 1. The Morgan fingerprint density at radius 1 is 1.25 bits per heavy atom. The number of nitrogens with zero attached hydrogens (tertiary/aromatic N) is 4. The van der Waals surface area contributed by atoms with E-state index in [0.29, 0.717) is 23.2 Å². The molecule has 1 aromatic carbocycles. The summed E-state index contributed by atoms with van der Waals surface area (Å²) in [5.74, 6) is 2.41. The van der Waals surface area contributed by atoms with E-state index in [4.69, 9.17) is 0 Å². The lowest BCUT2D eigenvalue weighted by molar-refractivity contribution is -0.0498. The molecule has 5 nitrogen and oxygen atoms in total. The van der Waals surface area contributed by atoms with Crippen LogP contribution in [-0.4, -0.2) is 41.1 Å². The van der Waals surface area contributed by atoms with Crippen molar-refractivity contribution in [3.8, 4) is 17.1 Å². The molecule has 0 N–H and O–H groups in total. The van der Waals surface area contributed by atoms with Crippen LogP contribution >= 0.6 is 0 Å². The van der Waals surface area contributed by atoms with Gasteiger partial charge in [-0.05, 0) is 29.9 Å². The first-order valence-electron chi connectivity index (χ1n) is 7.84. The molecular weight excluding hydrogens is 321 g/mol. The molecule has 1 aliphatic heterocycles. The average Bonchev–Trinajstić information content (AvgIpc) is 2.87. The summed E-state index contributed by atoms with van der Waals surface area (Å²) in [5, 5.41) is 8.41. The van der Waals surface area contributed by atoms with Crippen molar-refractivity contribution in [2.24, 2.45) is 24.8 Å². The van der Waals surface area contributed by atoms with E-state index in [-0.39, 0.29) is 18.3 Å². The third-order valence-corrected chi connectivity index (χ3v) is 5.00. The fourth-order valence-corrected chi connectivity index (χ4v) is 3.70. The van der Waals surface area contributed by atoms with Gasteiger partial charge in [-0.25, -0.2) is 0 Å². The zero-order valence-electron chi connectivity index (χ0n) is 13.1. The van der Waals surface area contributed by atoms with Crippen molar-refractivity contribution in [2.45, 2.75) is 6.61 Å². The van der Waals surface area contributed by atoms with E-state index in [9.17, 15) is 13.2 Å². The van der Waals surface area contributed by atoms with Gasteiger partial charge in [-0.3, -0.25) is 8.96 Å². The molecule has 3 atom stereocenters. The van der Waals surface area contributed by atoms with Gasteiger partial charge in [-0.15, -0.1) is 10.2 Å². The molecule has 1 aromatic heterocycles. The third kappa shape index (κ3) is 2.50. The first-order valence-corrected chi connectivity index (χ1v) is 7.84. The van der Waals surface area contributed by atoms with Gasteiger partial charge in [0.15, 0.2) is 5.82 Å². The van der Waals surface area contributed by atoms with Crippen LogP contribution in [0.15, 0.2) is 24.3 Å². The van der Waals surface area contributed by atoms with Crippen LogP contribution in [0, 0.1) is 17.8 Å². The Kier molecular flexibility index (Phi) is 3.62. The molecule has 8 heteroatoms. The number of fused-ring (bicyclic) bond motifs is 1. The Hall–Kier alpha value is -2.25. The van der Waals surface area contributed by atoms with Crippen LogP contribution in [0.1, 0.15) is 0 Å². The maximum absolute atomic E-state index is 12.7. The van der Waals surface area contributed by atoms with Crippen molar-refractivity contribution in [1.82, 2.24) is 14.8 Å². The second-order valence-electron chi connectivity index (χ2n) is 6.34. The summed E-state index contributed by atoms with van der Waals surface area (Å²) in [6.07, 6.45) is 0. The number of ether oxygens (including phenoxy) is 1. The number of benzene rings is 1. The molecular formula is C16H17F3N4O. The molecule has 0 spiro atoms. The molecule has 2 aromatic rings. The second kappa shape index (κ2) is 5.68. The fourth-order valence-electron chi connectivity index (χ4n) is 3.70. The van der Waals surface area contributed by atoms with Crippen LogP contribution in [0.3, 0.4) is 0 Å². The predicted octanol–water partition coefficient (Wildman–Crippen LogP) is 2.74. The van der Waals surface area contributed by atoms with Crippen LogP contribution in [0.4, 0.5) is 19.1 Å². The standard InChI is InChI=1S/C16H17F3N4O/c1-22-14(9-3-2-4-10(5-9)24-15(18)19)20-21-16(22)23-7-12-11(6-17)13(12)8-23/h2-5,11-13,15H,6-8H2,1H3/t11?,12-,13+. The van der Waals surface area contributed by atoms with Gasteiger partial charge in [0.05, 0.1) is 6.67 Å². The topological polar surface area (TPSA) is 43.2 Å². The predicted molar refractivity (Wildman–Crippen MR) is 81.7 cm³/mol. The van der Waals surface area contributed by atoms with Crippen LogP contribution in [0.2, 0.25) is 0 Å². The van der Waals surface area contributed by atoms with Crippen molar-refractivity contribution in [3.05, 3.63) is 24.3 Å². The van der Waals surface area contributed by atoms with Gasteiger partial charge in [0, 0.05) is 25.7 Å². The van der Waals surface area contributed by atoms with Crippen LogP contribution in [0.25, 0.3) is 11.4 Å². The van der Waals surface area contributed by atoms with E-state index in [0.717, 1.165) is 19.0 Å². The summed E-state index contributed by atoms with van der Waals surface area (Å²) in [4.78, 5) is 2.11. The zero-order chi connectivity index (χ0) is 16.8. The Morgan fingerprint density at radius 3 is 2.67 bits per heavy atom. The lowest BCUT2D eigenvalue weighted by atomic mass is 10.2. The summed E-state index contributed by atoms with van der Waals surface area (Å²) in [6, 6.07) is 6.39. The van der Waals surface area contributed by atoms with Gasteiger partial charge >= 0.3 is 6.61 Å². The highest BCUT2D eigenvalue weighted by Gasteiger charge is 2.56. The summed E-state index contributed by atoms with van der Waals surface area (Å²) in [7, 11) is 1.84. The molecule has 2 aliphatic rings. The number of halogens is 3. The van der Waals surface area contributed by atoms with E-state index < -0.39 is 6.61 Å². The molecule has 0 bridgehead atoms. The molecule has 0 radical (unpaired) electrons. The molecule has 1 aliphatic carbocycles. The van der Waals surface area contributed by atoms with Crippen molar-refractivity contribution in [2.75, 3.05) is 24.7 Å². The van der Waals surface area contributed by atoms with Crippen molar-refractivity contribution in [1.29, 1.82) is 0 Å². The number of anilines is 1. The van der Waals surface area contributed by atoms with Gasteiger partial charge in [0.1, 0.15) is 5.75 Å². The van der Waals surface area contributed by atoms with E-state index in [1.807, 2.05) is 11.6 Å². The summed E-state index contributed by atoms with van der Waals surface area (Å²) >= 11 is 0. The minimum atomic E-state index is -2.87. The number of alkyl halides is 3. The van der Waals surface area contributed by atoms with Crippen molar-refractivity contribution < 1.29 is 17.9 Å². The van der Waals surface area contributed by atoms with E-state index in [2.05, 4.69) is 19.8 Å². The molecule has 24 heavy (non-hydrogen) atoms. The Labute approximate surface area is 137 Å². The van der Waals surface area contributed by atoms with Crippen molar-refractivity contribution >= 4 is 5.95 Å². The van der Waals surface area contributed by atoms with Crippen LogP contribution in [-0.2, 0) is 7.05 Å².